The van der Waals surface area contributed by atoms with Gasteiger partial charge in [0.2, 0.25) is 0 Å². The van der Waals surface area contributed by atoms with Gasteiger partial charge in [-0.2, -0.15) is 5.26 Å². The summed E-state index contributed by atoms with van der Waals surface area (Å²) in [6.45, 7) is 0. The van der Waals surface area contributed by atoms with Gasteiger partial charge in [-0.15, -0.1) is 5.11 Å². The van der Waals surface area contributed by atoms with E-state index in [2.05, 4.69) is 15.4 Å². The molecule has 0 radical (unpaired) electrons. The predicted molar refractivity (Wildman–Crippen MR) is 34.7 cm³/mol. The van der Waals surface area contributed by atoms with E-state index < -0.39 is 0 Å². The van der Waals surface area contributed by atoms with Crippen LogP contribution in [0.2, 0.25) is 0 Å². The Morgan fingerprint density at radius 3 is 2.50 bits per heavy atom. The third kappa shape index (κ3) is 1.83. The highest BCUT2D eigenvalue weighted by Crippen LogP contribution is 2.09. The molecule has 0 aromatic heterocycles. The van der Waals surface area contributed by atoms with Crippen LogP contribution in [0.15, 0.2) is 40.7 Å². The summed E-state index contributed by atoms with van der Waals surface area (Å²) in [5.74, 6) is 0. The first-order chi connectivity index (χ1) is 4.93. The Kier molecular flexibility index (Phi) is 2.39. The molecule has 1 aromatic carbocycles. The van der Waals surface area contributed by atoms with Crippen molar-refractivity contribution in [3.63, 3.8) is 0 Å². The summed E-state index contributed by atoms with van der Waals surface area (Å²) in [6.07, 6.45) is 0. The fourth-order valence-electron chi connectivity index (χ4n) is 0.560. The molecule has 0 aliphatic carbocycles. The molecule has 4 heteroatoms. The van der Waals surface area contributed by atoms with Crippen LogP contribution in [0.5, 0.6) is 0 Å². The standard InChI is InChI=1S/C6H6N2O2/c9-10-8-7-6-4-2-1-3-5-6/h1-5,9H. The molecule has 0 saturated carbocycles. The van der Waals surface area contributed by atoms with Gasteiger partial charge in [0.25, 0.3) is 0 Å². The average molecular weight is 138 g/mol. The normalized spacial score (nSPS) is 10.1. The first-order valence-corrected chi connectivity index (χ1v) is 2.70. The van der Waals surface area contributed by atoms with E-state index in [1.807, 2.05) is 18.2 Å². The van der Waals surface area contributed by atoms with Crippen molar-refractivity contribution in [1.29, 1.82) is 0 Å². The molecule has 10 heavy (non-hydrogen) atoms. The van der Waals surface area contributed by atoms with E-state index in [1.54, 1.807) is 12.1 Å². The van der Waals surface area contributed by atoms with Crippen LogP contribution >= 0.6 is 0 Å². The zero-order valence-corrected chi connectivity index (χ0v) is 5.14. The highest BCUT2D eigenvalue weighted by molar-refractivity contribution is 5.34. The third-order valence-corrected chi connectivity index (χ3v) is 0.949. The largest absolute Gasteiger partial charge is 0.203 e. The van der Waals surface area contributed by atoms with Crippen LogP contribution < -0.4 is 0 Å². The van der Waals surface area contributed by atoms with Crippen molar-refractivity contribution in [3.8, 4) is 0 Å². The van der Waals surface area contributed by atoms with E-state index in [0.717, 1.165) is 0 Å². The molecule has 1 N–H and O–H groups in total. The molecular weight excluding hydrogens is 132 g/mol. The van der Waals surface area contributed by atoms with Gasteiger partial charge in [0.05, 0.1) is 11.0 Å². The molecule has 0 amide bonds. The smallest absolute Gasteiger partial charge is 0.0890 e. The summed E-state index contributed by atoms with van der Waals surface area (Å²) in [4.78, 5) is 3.40. The highest BCUT2D eigenvalue weighted by atomic mass is 17.2. The van der Waals surface area contributed by atoms with Crippen LogP contribution in [0.3, 0.4) is 0 Å². The number of hydrogen-bond donors (Lipinski definition) is 1. The summed E-state index contributed by atoms with van der Waals surface area (Å²) in [5, 5.41) is 14.2. The molecule has 0 aliphatic heterocycles. The van der Waals surface area contributed by atoms with Gasteiger partial charge in [0.1, 0.15) is 0 Å². The van der Waals surface area contributed by atoms with Crippen molar-refractivity contribution in [3.05, 3.63) is 30.3 Å². The highest BCUT2D eigenvalue weighted by Gasteiger charge is 1.82. The maximum absolute atomic E-state index is 7.77. The predicted octanol–water partition coefficient (Wildman–Crippen LogP) is 2.17. The SMILES string of the molecule is OON=Nc1ccccc1. The number of benzene rings is 1. The zero-order chi connectivity index (χ0) is 7.23. The van der Waals surface area contributed by atoms with Gasteiger partial charge in [0, 0.05) is 0 Å². The minimum absolute atomic E-state index is 0.636. The molecule has 1 rings (SSSR count). The van der Waals surface area contributed by atoms with Crippen molar-refractivity contribution >= 4 is 5.69 Å². The summed E-state index contributed by atoms with van der Waals surface area (Å²) < 4.78 is 0. The van der Waals surface area contributed by atoms with Gasteiger partial charge in [0.15, 0.2) is 0 Å². The lowest BCUT2D eigenvalue weighted by molar-refractivity contribution is -0.250. The first kappa shape index (κ1) is 6.70. The summed E-state index contributed by atoms with van der Waals surface area (Å²) in [7, 11) is 0. The molecule has 0 bridgehead atoms. The van der Waals surface area contributed by atoms with Crippen molar-refractivity contribution in [2.75, 3.05) is 0 Å². The zero-order valence-electron chi connectivity index (χ0n) is 5.14. The quantitative estimate of drug-likeness (QED) is 0.386. The van der Waals surface area contributed by atoms with Crippen LogP contribution in [-0.4, -0.2) is 5.26 Å². The van der Waals surface area contributed by atoms with Gasteiger partial charge >= 0.3 is 0 Å². The lowest BCUT2D eigenvalue weighted by Crippen LogP contribution is -1.64. The molecule has 0 fully saturated rings. The minimum atomic E-state index is 0.636. The molecular formula is C6H6N2O2. The second-order valence-corrected chi connectivity index (χ2v) is 1.60. The van der Waals surface area contributed by atoms with Gasteiger partial charge in [-0.05, 0) is 12.1 Å². The van der Waals surface area contributed by atoms with Crippen LogP contribution in [0.4, 0.5) is 5.69 Å². The van der Waals surface area contributed by atoms with Crippen LogP contribution in [0.1, 0.15) is 0 Å². The topological polar surface area (TPSA) is 54.2 Å². The van der Waals surface area contributed by atoms with Crippen molar-refractivity contribution in [1.82, 2.24) is 0 Å². The van der Waals surface area contributed by atoms with E-state index in [1.165, 1.54) is 0 Å². The maximum Gasteiger partial charge on any atom is 0.0890 e. The van der Waals surface area contributed by atoms with E-state index in [4.69, 9.17) is 5.26 Å². The fourth-order valence-corrected chi connectivity index (χ4v) is 0.560. The maximum atomic E-state index is 7.77. The Morgan fingerprint density at radius 2 is 1.90 bits per heavy atom. The number of hydrogen-bond acceptors (Lipinski definition) is 4. The number of rotatable bonds is 2. The fraction of sp³-hybridized carbons (Fsp3) is 0. The van der Waals surface area contributed by atoms with Crippen LogP contribution in [0, 0.1) is 0 Å². The molecule has 52 valence electrons. The Morgan fingerprint density at radius 1 is 1.20 bits per heavy atom. The number of nitrogens with zero attached hydrogens (tertiary/aromatic N) is 2. The lowest BCUT2D eigenvalue weighted by atomic mass is 10.3. The van der Waals surface area contributed by atoms with Gasteiger partial charge in [-0.25, -0.2) is 4.99 Å². The Labute approximate surface area is 57.7 Å². The molecule has 0 saturated heterocycles. The van der Waals surface area contributed by atoms with Gasteiger partial charge in [-0.1, -0.05) is 18.2 Å². The Balaban J connectivity index is 2.67. The van der Waals surface area contributed by atoms with E-state index in [0.29, 0.717) is 5.69 Å². The molecule has 4 nitrogen and oxygen atoms in total. The van der Waals surface area contributed by atoms with Gasteiger partial charge < -0.3 is 0 Å². The molecule has 1 aromatic rings. The Bertz CT molecular complexity index is 210. The summed E-state index contributed by atoms with van der Waals surface area (Å²) >= 11 is 0. The monoisotopic (exact) mass is 138 g/mol. The summed E-state index contributed by atoms with van der Waals surface area (Å²) in [6, 6.07) is 8.96. The van der Waals surface area contributed by atoms with E-state index >= 15 is 0 Å². The van der Waals surface area contributed by atoms with Gasteiger partial charge in [-0.3, -0.25) is 0 Å². The molecule has 0 heterocycles. The summed E-state index contributed by atoms with van der Waals surface area (Å²) in [5.41, 5.74) is 0.636. The van der Waals surface area contributed by atoms with Crippen molar-refractivity contribution < 1.29 is 10.2 Å². The van der Waals surface area contributed by atoms with Crippen molar-refractivity contribution in [2.45, 2.75) is 0 Å². The van der Waals surface area contributed by atoms with E-state index in [-0.39, 0.29) is 0 Å². The average Bonchev–Trinajstić information content (AvgIpc) is 2.03. The first-order valence-electron chi connectivity index (χ1n) is 2.70. The second-order valence-electron chi connectivity index (χ2n) is 1.60. The molecule has 0 unspecified atom stereocenters. The molecule has 0 spiro atoms. The molecule has 0 atom stereocenters. The third-order valence-electron chi connectivity index (χ3n) is 0.949. The van der Waals surface area contributed by atoms with Crippen molar-refractivity contribution in [2.24, 2.45) is 10.4 Å². The minimum Gasteiger partial charge on any atom is -0.203 e. The molecule has 0 aliphatic rings. The van der Waals surface area contributed by atoms with Crippen LogP contribution in [0.25, 0.3) is 0 Å². The second kappa shape index (κ2) is 3.58. The van der Waals surface area contributed by atoms with Crippen LogP contribution in [-0.2, 0) is 4.99 Å². The van der Waals surface area contributed by atoms with E-state index in [9.17, 15) is 0 Å². The lowest BCUT2D eigenvalue weighted by Gasteiger charge is -1.85. The Hall–Kier alpha value is -1.42.